The summed E-state index contributed by atoms with van der Waals surface area (Å²) in [7, 11) is 0. The third kappa shape index (κ3) is 6.74. The molecule has 182 valence electrons. The minimum Gasteiger partial charge on any atom is -0.353 e. The summed E-state index contributed by atoms with van der Waals surface area (Å²) in [6.07, 6.45) is 3.92. The predicted octanol–water partition coefficient (Wildman–Crippen LogP) is 7.51. The Morgan fingerprint density at radius 2 is 1.46 bits per heavy atom. The molecule has 1 aliphatic rings. The highest BCUT2D eigenvalue weighted by atomic mass is 35.5. The van der Waals surface area contributed by atoms with E-state index < -0.39 is 0 Å². The third-order valence-electron chi connectivity index (χ3n) is 7.11. The number of hydrogen-bond donors (Lipinski definition) is 1. The highest BCUT2D eigenvalue weighted by Gasteiger charge is 2.33. The summed E-state index contributed by atoms with van der Waals surface area (Å²) >= 11 is 12.2. The van der Waals surface area contributed by atoms with Gasteiger partial charge in [0.2, 0.25) is 5.91 Å². The van der Waals surface area contributed by atoms with Gasteiger partial charge in [0.15, 0.2) is 5.78 Å². The van der Waals surface area contributed by atoms with E-state index in [9.17, 15) is 9.59 Å². The number of benzene rings is 3. The van der Waals surface area contributed by atoms with Gasteiger partial charge in [-0.15, -0.1) is 0 Å². The van der Waals surface area contributed by atoms with Gasteiger partial charge in [-0.25, -0.2) is 0 Å². The Bertz CT molecular complexity index is 1130. The summed E-state index contributed by atoms with van der Waals surface area (Å²) in [6.45, 7) is 2.06. The van der Waals surface area contributed by atoms with Crippen molar-refractivity contribution in [1.82, 2.24) is 5.32 Å². The van der Waals surface area contributed by atoms with Gasteiger partial charge < -0.3 is 5.32 Å². The van der Waals surface area contributed by atoms with Gasteiger partial charge in [-0.2, -0.15) is 0 Å². The molecule has 0 saturated heterocycles. The first kappa shape index (κ1) is 25.5. The van der Waals surface area contributed by atoms with Crippen molar-refractivity contribution >= 4 is 34.9 Å². The molecular weight excluding hydrogens is 477 g/mol. The molecule has 0 spiro atoms. The average molecular weight is 508 g/mol. The summed E-state index contributed by atoms with van der Waals surface area (Å²) in [5, 5.41) is 4.68. The van der Waals surface area contributed by atoms with Crippen molar-refractivity contribution < 1.29 is 9.59 Å². The first-order chi connectivity index (χ1) is 16.9. The zero-order chi connectivity index (χ0) is 24.8. The molecule has 0 radical (unpaired) electrons. The highest BCUT2D eigenvalue weighted by Crippen LogP contribution is 2.33. The largest absolute Gasteiger partial charge is 0.353 e. The lowest BCUT2D eigenvalue weighted by Crippen LogP contribution is -2.43. The number of nitrogens with one attached hydrogen (secondary N) is 1. The van der Waals surface area contributed by atoms with Crippen LogP contribution in [0.3, 0.4) is 0 Å². The van der Waals surface area contributed by atoms with E-state index >= 15 is 0 Å². The molecule has 4 unspecified atom stereocenters. The monoisotopic (exact) mass is 507 g/mol. The molecule has 4 rings (SSSR count). The Morgan fingerprint density at radius 1 is 0.857 bits per heavy atom. The van der Waals surface area contributed by atoms with Crippen LogP contribution in [0.25, 0.3) is 0 Å². The highest BCUT2D eigenvalue weighted by molar-refractivity contribution is 6.30. The zero-order valence-corrected chi connectivity index (χ0v) is 21.4. The van der Waals surface area contributed by atoms with Crippen LogP contribution in [-0.4, -0.2) is 17.7 Å². The van der Waals surface area contributed by atoms with Crippen LogP contribution in [0.2, 0.25) is 10.0 Å². The van der Waals surface area contributed by atoms with Crippen molar-refractivity contribution in [2.24, 2.45) is 11.8 Å². The fourth-order valence-corrected chi connectivity index (χ4v) is 5.37. The van der Waals surface area contributed by atoms with Gasteiger partial charge in [-0.3, -0.25) is 9.59 Å². The maximum atomic E-state index is 13.3. The van der Waals surface area contributed by atoms with Crippen LogP contribution in [0.4, 0.5) is 0 Å². The van der Waals surface area contributed by atoms with Crippen LogP contribution in [0, 0.1) is 11.8 Å². The number of halogens is 2. The van der Waals surface area contributed by atoms with E-state index in [1.54, 1.807) is 0 Å². The van der Waals surface area contributed by atoms with E-state index in [1.165, 1.54) is 0 Å². The van der Waals surface area contributed by atoms with E-state index in [0.717, 1.165) is 42.4 Å². The fourth-order valence-electron chi connectivity index (χ4n) is 5.11. The van der Waals surface area contributed by atoms with Crippen molar-refractivity contribution in [1.29, 1.82) is 0 Å². The molecule has 0 heterocycles. The summed E-state index contributed by atoms with van der Waals surface area (Å²) < 4.78 is 0. The maximum absolute atomic E-state index is 13.3. The molecule has 1 fully saturated rings. The minimum atomic E-state index is -0.148. The lowest BCUT2D eigenvalue weighted by atomic mass is 9.77. The second kappa shape index (κ2) is 11.9. The van der Waals surface area contributed by atoms with E-state index in [4.69, 9.17) is 23.2 Å². The molecule has 0 aromatic heterocycles. The molecule has 35 heavy (non-hydrogen) atoms. The molecule has 1 N–H and O–H groups in total. The van der Waals surface area contributed by atoms with Gasteiger partial charge in [0, 0.05) is 39.4 Å². The minimum absolute atomic E-state index is 0.0399. The molecule has 4 atom stereocenters. The molecule has 1 saturated carbocycles. The van der Waals surface area contributed by atoms with Gasteiger partial charge in [-0.05, 0) is 68.0 Å². The van der Waals surface area contributed by atoms with Gasteiger partial charge in [-0.1, -0.05) is 84.2 Å². The lowest BCUT2D eigenvalue weighted by Gasteiger charge is -2.31. The van der Waals surface area contributed by atoms with Crippen molar-refractivity contribution in [3.05, 3.63) is 106 Å². The Kier molecular flexibility index (Phi) is 8.64. The van der Waals surface area contributed by atoms with Crippen molar-refractivity contribution in [2.75, 3.05) is 0 Å². The van der Waals surface area contributed by atoms with Gasteiger partial charge >= 0.3 is 0 Å². The molecule has 5 heteroatoms. The SMILES string of the molecule is CC(NC(=O)C1CCCC(C(=O)c2ccccc2)C1)C(Cc1ccc(Cl)cc1)c1ccc(Cl)cc1. The smallest absolute Gasteiger partial charge is 0.223 e. The normalized spacial score (nSPS) is 19.5. The fraction of sp³-hybridized carbons (Fsp3) is 0.333. The van der Waals surface area contributed by atoms with Crippen LogP contribution in [0.5, 0.6) is 0 Å². The standard InChI is InChI=1S/C30H31Cl2NO2/c1-20(28(22-12-16-27(32)17-13-22)18-21-10-14-26(31)15-11-21)33-30(35)25-9-5-8-24(19-25)29(34)23-6-3-2-4-7-23/h2-4,6-7,10-17,20,24-25,28H,5,8-9,18-19H2,1H3,(H,33,35). The van der Waals surface area contributed by atoms with Crippen LogP contribution in [0.1, 0.15) is 60.0 Å². The summed E-state index contributed by atoms with van der Waals surface area (Å²) in [5.41, 5.74) is 3.01. The Hall–Kier alpha value is -2.62. The van der Waals surface area contributed by atoms with Crippen molar-refractivity contribution in [3.8, 4) is 0 Å². The Balaban J connectivity index is 1.45. The number of rotatable bonds is 8. The molecule has 3 aromatic rings. The topological polar surface area (TPSA) is 46.2 Å². The van der Waals surface area contributed by atoms with Gasteiger partial charge in [0.05, 0.1) is 0 Å². The van der Waals surface area contributed by atoms with Crippen LogP contribution < -0.4 is 5.32 Å². The summed E-state index contributed by atoms with van der Waals surface area (Å²) in [5.74, 6) is 0.0161. The van der Waals surface area contributed by atoms with Crippen LogP contribution in [-0.2, 0) is 11.2 Å². The Morgan fingerprint density at radius 3 is 2.11 bits per heavy atom. The van der Waals surface area contributed by atoms with Gasteiger partial charge in [0.25, 0.3) is 0 Å². The average Bonchev–Trinajstić information content (AvgIpc) is 2.89. The number of Topliss-reactive ketones (excluding diaryl/α,β-unsaturated/α-hetero) is 1. The third-order valence-corrected chi connectivity index (χ3v) is 7.62. The second-order valence-corrected chi connectivity index (χ2v) is 10.4. The molecule has 3 aromatic carbocycles. The molecular formula is C30H31Cl2NO2. The molecule has 1 aliphatic carbocycles. The van der Waals surface area contributed by atoms with E-state index in [2.05, 4.69) is 12.2 Å². The first-order valence-corrected chi connectivity index (χ1v) is 13.1. The van der Waals surface area contributed by atoms with Crippen molar-refractivity contribution in [3.63, 3.8) is 0 Å². The summed E-state index contributed by atoms with van der Waals surface area (Å²) in [4.78, 5) is 26.3. The number of ketones is 1. The van der Waals surface area contributed by atoms with E-state index in [1.807, 2.05) is 78.9 Å². The first-order valence-electron chi connectivity index (χ1n) is 12.3. The van der Waals surface area contributed by atoms with Crippen LogP contribution in [0.15, 0.2) is 78.9 Å². The number of hydrogen-bond acceptors (Lipinski definition) is 2. The zero-order valence-electron chi connectivity index (χ0n) is 19.9. The summed E-state index contributed by atoms with van der Waals surface area (Å²) in [6, 6.07) is 25.0. The molecule has 0 bridgehead atoms. The second-order valence-electron chi connectivity index (χ2n) is 9.58. The lowest BCUT2D eigenvalue weighted by molar-refractivity contribution is -0.127. The molecule has 0 aliphatic heterocycles. The van der Waals surface area contributed by atoms with E-state index in [-0.39, 0.29) is 35.5 Å². The van der Waals surface area contributed by atoms with Crippen molar-refractivity contribution in [2.45, 2.75) is 51.0 Å². The number of carbonyl (C=O) groups excluding carboxylic acids is 2. The number of carbonyl (C=O) groups is 2. The maximum Gasteiger partial charge on any atom is 0.223 e. The quantitative estimate of drug-likeness (QED) is 0.320. The number of amides is 1. The molecule has 3 nitrogen and oxygen atoms in total. The van der Waals surface area contributed by atoms with Gasteiger partial charge in [0.1, 0.15) is 0 Å². The Labute approximate surface area is 217 Å². The van der Waals surface area contributed by atoms with Crippen LogP contribution >= 0.6 is 23.2 Å². The molecule has 1 amide bonds. The predicted molar refractivity (Wildman–Crippen MR) is 143 cm³/mol. The van der Waals surface area contributed by atoms with E-state index in [0.29, 0.717) is 16.5 Å².